The van der Waals surface area contributed by atoms with E-state index in [2.05, 4.69) is 5.32 Å². The number of allylic oxidation sites excluding steroid dienone is 1. The van der Waals surface area contributed by atoms with Gasteiger partial charge in [-0.25, -0.2) is 0 Å². The molecular weight excluding hydrogens is 152 g/mol. The highest BCUT2D eigenvalue weighted by molar-refractivity contribution is 5.79. The lowest BCUT2D eigenvalue weighted by molar-refractivity contribution is -0.120. The van der Waals surface area contributed by atoms with E-state index in [-0.39, 0.29) is 0 Å². The molecule has 1 saturated carbocycles. The van der Waals surface area contributed by atoms with Gasteiger partial charge >= 0.3 is 0 Å². The second-order valence-corrected chi connectivity index (χ2v) is 3.01. The zero-order valence-corrected chi connectivity index (χ0v) is 7.05. The van der Waals surface area contributed by atoms with Crippen LogP contribution < -0.4 is 5.32 Å². The van der Waals surface area contributed by atoms with Crippen LogP contribution in [0.5, 0.6) is 0 Å². The van der Waals surface area contributed by atoms with Crippen LogP contribution in [0.4, 0.5) is 0 Å². The van der Waals surface area contributed by atoms with Crippen LogP contribution in [0, 0.1) is 5.41 Å². The van der Waals surface area contributed by atoms with E-state index >= 15 is 0 Å². The third kappa shape index (κ3) is 2.86. The highest BCUT2D eigenvalue weighted by Crippen LogP contribution is 2.14. The molecule has 1 rings (SSSR count). The maximum atomic E-state index is 10.9. The zero-order valence-electron chi connectivity index (χ0n) is 7.05. The number of Topliss-reactive ketones (excluding diaryl/α,β-unsaturated/α-hetero) is 1. The maximum absolute atomic E-state index is 10.9. The van der Waals surface area contributed by atoms with Gasteiger partial charge in [-0.3, -0.25) is 4.79 Å². The Morgan fingerprint density at radius 2 is 2.08 bits per heavy atom. The predicted octanol–water partition coefficient (Wildman–Crippen LogP) is 1.25. The first kappa shape index (κ1) is 8.97. The molecule has 12 heavy (non-hydrogen) atoms. The number of hydrogen-bond donors (Lipinski definition) is 2. The molecule has 0 aromatic heterocycles. The SMILES string of the molecule is N=C/C=C\NC1CCC(=O)CC1. The van der Waals surface area contributed by atoms with Crippen molar-refractivity contribution >= 4 is 12.0 Å². The van der Waals surface area contributed by atoms with Gasteiger partial charge in [-0.15, -0.1) is 0 Å². The molecule has 0 atom stereocenters. The molecule has 0 bridgehead atoms. The van der Waals surface area contributed by atoms with Crippen LogP contribution in [0.1, 0.15) is 25.7 Å². The molecule has 2 N–H and O–H groups in total. The fraction of sp³-hybridized carbons (Fsp3) is 0.556. The summed E-state index contributed by atoms with van der Waals surface area (Å²) >= 11 is 0. The third-order valence-electron chi connectivity index (χ3n) is 2.07. The summed E-state index contributed by atoms with van der Waals surface area (Å²) in [4.78, 5) is 10.9. The standard InChI is InChI=1S/C9H14N2O/c10-6-1-7-11-8-2-4-9(12)5-3-8/h1,6-8,10-11H,2-5H2/b7-1-,10-6?. The Kier molecular flexibility index (Phi) is 3.51. The molecule has 1 aliphatic carbocycles. The van der Waals surface area contributed by atoms with Gasteiger partial charge in [0.1, 0.15) is 5.78 Å². The lowest BCUT2D eigenvalue weighted by atomic mass is 9.94. The zero-order chi connectivity index (χ0) is 8.81. The number of ketones is 1. The highest BCUT2D eigenvalue weighted by Gasteiger charge is 2.16. The van der Waals surface area contributed by atoms with Crippen molar-refractivity contribution in [3.8, 4) is 0 Å². The maximum Gasteiger partial charge on any atom is 0.133 e. The summed E-state index contributed by atoms with van der Waals surface area (Å²) < 4.78 is 0. The van der Waals surface area contributed by atoms with E-state index < -0.39 is 0 Å². The molecule has 0 amide bonds. The molecule has 0 aromatic rings. The highest BCUT2D eigenvalue weighted by atomic mass is 16.1. The molecule has 0 spiro atoms. The molecule has 0 saturated heterocycles. The van der Waals surface area contributed by atoms with Gasteiger partial charge in [0.2, 0.25) is 0 Å². The Balaban J connectivity index is 2.21. The molecule has 0 aliphatic heterocycles. The molecule has 0 unspecified atom stereocenters. The van der Waals surface area contributed by atoms with E-state index in [1.165, 1.54) is 6.21 Å². The first-order valence-electron chi connectivity index (χ1n) is 4.26. The summed E-state index contributed by atoms with van der Waals surface area (Å²) in [6, 6.07) is 0.430. The van der Waals surface area contributed by atoms with Crippen molar-refractivity contribution in [3.05, 3.63) is 12.3 Å². The summed E-state index contributed by atoms with van der Waals surface area (Å²) in [5.74, 6) is 0.379. The normalized spacial score (nSPS) is 19.8. The summed E-state index contributed by atoms with van der Waals surface area (Å²) in [5, 5.41) is 9.91. The van der Waals surface area contributed by atoms with Crippen LogP contribution in [-0.2, 0) is 4.79 Å². The molecule has 1 aliphatic rings. The van der Waals surface area contributed by atoms with Crippen LogP contribution in [0.3, 0.4) is 0 Å². The Bertz CT molecular complexity index is 189. The summed E-state index contributed by atoms with van der Waals surface area (Å²) in [7, 11) is 0. The largest absolute Gasteiger partial charge is 0.388 e. The fourth-order valence-corrected chi connectivity index (χ4v) is 1.35. The molecule has 0 radical (unpaired) electrons. The summed E-state index contributed by atoms with van der Waals surface area (Å²) in [5.41, 5.74) is 0. The van der Waals surface area contributed by atoms with E-state index in [0.717, 1.165) is 12.8 Å². The quantitative estimate of drug-likeness (QED) is 0.620. The van der Waals surface area contributed by atoms with Gasteiger partial charge in [0.15, 0.2) is 0 Å². The Morgan fingerprint density at radius 1 is 1.42 bits per heavy atom. The molecule has 1 fully saturated rings. The fourth-order valence-electron chi connectivity index (χ4n) is 1.35. The first-order valence-corrected chi connectivity index (χ1v) is 4.26. The molecule has 3 nitrogen and oxygen atoms in total. The van der Waals surface area contributed by atoms with Gasteiger partial charge in [-0.2, -0.15) is 0 Å². The molecule has 0 heterocycles. The first-order chi connectivity index (χ1) is 5.83. The van der Waals surface area contributed by atoms with E-state index in [1.54, 1.807) is 12.3 Å². The van der Waals surface area contributed by atoms with Crippen LogP contribution >= 0.6 is 0 Å². The van der Waals surface area contributed by atoms with Crippen molar-refractivity contribution < 1.29 is 4.79 Å². The predicted molar refractivity (Wildman–Crippen MR) is 48.3 cm³/mol. The van der Waals surface area contributed by atoms with Gasteiger partial charge < -0.3 is 10.7 Å². The van der Waals surface area contributed by atoms with Crippen LogP contribution in [-0.4, -0.2) is 18.0 Å². The number of carbonyl (C=O) groups is 1. The monoisotopic (exact) mass is 166 g/mol. The van der Waals surface area contributed by atoms with Crippen molar-refractivity contribution in [2.24, 2.45) is 0 Å². The van der Waals surface area contributed by atoms with Gasteiger partial charge in [-0.1, -0.05) is 0 Å². The molecule has 3 heteroatoms. The minimum atomic E-state index is 0.379. The van der Waals surface area contributed by atoms with Crippen molar-refractivity contribution in [2.75, 3.05) is 0 Å². The molecular formula is C9H14N2O. The second-order valence-electron chi connectivity index (χ2n) is 3.01. The Labute approximate surface area is 72.4 Å². The van der Waals surface area contributed by atoms with Gasteiger partial charge in [0.05, 0.1) is 0 Å². The smallest absolute Gasteiger partial charge is 0.133 e. The second kappa shape index (κ2) is 4.70. The number of rotatable bonds is 3. The number of carbonyl (C=O) groups excluding carboxylic acids is 1. The van der Waals surface area contributed by atoms with Gasteiger partial charge in [-0.05, 0) is 25.1 Å². The van der Waals surface area contributed by atoms with E-state index in [4.69, 9.17) is 5.41 Å². The summed E-state index contributed by atoms with van der Waals surface area (Å²) in [6.45, 7) is 0. The number of hydrogen-bond acceptors (Lipinski definition) is 3. The van der Waals surface area contributed by atoms with Crippen molar-refractivity contribution in [2.45, 2.75) is 31.7 Å². The van der Waals surface area contributed by atoms with Crippen molar-refractivity contribution in [3.63, 3.8) is 0 Å². The van der Waals surface area contributed by atoms with Gasteiger partial charge in [0, 0.05) is 25.1 Å². The topological polar surface area (TPSA) is 53.0 Å². The third-order valence-corrected chi connectivity index (χ3v) is 2.07. The number of nitrogens with one attached hydrogen (secondary N) is 2. The minimum Gasteiger partial charge on any atom is -0.388 e. The van der Waals surface area contributed by atoms with Crippen LogP contribution in [0.25, 0.3) is 0 Å². The lowest BCUT2D eigenvalue weighted by Gasteiger charge is -2.20. The van der Waals surface area contributed by atoms with Crippen LogP contribution in [0.15, 0.2) is 12.3 Å². The Morgan fingerprint density at radius 3 is 2.67 bits per heavy atom. The van der Waals surface area contributed by atoms with E-state index in [1.807, 2.05) is 0 Å². The van der Waals surface area contributed by atoms with Gasteiger partial charge in [0.25, 0.3) is 0 Å². The molecule has 66 valence electrons. The van der Waals surface area contributed by atoms with Crippen molar-refractivity contribution in [1.29, 1.82) is 5.41 Å². The van der Waals surface area contributed by atoms with Crippen LogP contribution in [0.2, 0.25) is 0 Å². The average Bonchev–Trinajstić information content (AvgIpc) is 2.09. The minimum absolute atomic E-state index is 0.379. The van der Waals surface area contributed by atoms with E-state index in [0.29, 0.717) is 24.7 Å². The Hall–Kier alpha value is -1.12. The molecule has 0 aromatic carbocycles. The van der Waals surface area contributed by atoms with E-state index in [9.17, 15) is 4.79 Å². The lowest BCUT2D eigenvalue weighted by Crippen LogP contribution is -2.29. The summed E-state index contributed by atoms with van der Waals surface area (Å²) in [6.07, 6.45) is 7.93. The van der Waals surface area contributed by atoms with Crippen molar-refractivity contribution in [1.82, 2.24) is 5.32 Å². The average molecular weight is 166 g/mol.